The number of carbonyl (C=O) groups excluding carboxylic acids is 3. The third-order valence-corrected chi connectivity index (χ3v) is 5.81. The highest BCUT2D eigenvalue weighted by atomic mass is 16.8. The molecule has 0 radical (unpaired) electrons. The molecule has 1 N–H and O–H groups in total. The third-order valence-electron chi connectivity index (χ3n) is 5.81. The van der Waals surface area contributed by atoms with Crippen molar-refractivity contribution in [2.45, 2.75) is 50.9 Å². The summed E-state index contributed by atoms with van der Waals surface area (Å²) in [4.78, 5) is 43.7. The van der Waals surface area contributed by atoms with Gasteiger partial charge in [0.15, 0.2) is 12.1 Å². The van der Waals surface area contributed by atoms with E-state index in [4.69, 9.17) is 19.0 Å². The van der Waals surface area contributed by atoms with Crippen molar-refractivity contribution in [2.75, 3.05) is 26.3 Å². The third kappa shape index (κ3) is 5.11. The van der Waals surface area contributed by atoms with E-state index in [9.17, 15) is 14.4 Å². The van der Waals surface area contributed by atoms with E-state index in [0.717, 1.165) is 19.3 Å². The van der Waals surface area contributed by atoms with Gasteiger partial charge < -0.3 is 19.1 Å². The van der Waals surface area contributed by atoms with Crippen LogP contribution in [0.25, 0.3) is 6.08 Å². The van der Waals surface area contributed by atoms with Crippen LogP contribution in [0, 0.1) is 0 Å². The molecular weight excluding hydrogens is 416 g/mol. The molecule has 3 aliphatic rings. The van der Waals surface area contributed by atoms with Crippen molar-refractivity contribution in [3.63, 3.8) is 0 Å². The minimum atomic E-state index is -0.716. The lowest BCUT2D eigenvalue weighted by Gasteiger charge is -2.34. The fourth-order valence-electron chi connectivity index (χ4n) is 4.19. The molecule has 0 aromatic heterocycles. The summed E-state index contributed by atoms with van der Waals surface area (Å²) in [5, 5.41) is 0. The van der Waals surface area contributed by atoms with Gasteiger partial charge in [0, 0.05) is 32.1 Å². The van der Waals surface area contributed by atoms with Gasteiger partial charge in [0.2, 0.25) is 0 Å². The number of nitrogens with one attached hydrogen (secondary N) is 1. The Morgan fingerprint density at radius 2 is 2.22 bits per heavy atom. The predicted octanol–water partition coefficient (Wildman–Crippen LogP) is 2.84. The topological polar surface area (TPSA) is 103 Å². The highest BCUT2D eigenvalue weighted by molar-refractivity contribution is 6.01. The van der Waals surface area contributed by atoms with Crippen LogP contribution >= 0.6 is 0 Å². The van der Waals surface area contributed by atoms with Crippen LogP contribution in [-0.4, -0.2) is 60.9 Å². The van der Waals surface area contributed by atoms with Crippen LogP contribution in [0.5, 0.6) is 5.75 Å². The molecule has 0 saturated carbocycles. The number of hydrogen-bond donors (Lipinski definition) is 1. The van der Waals surface area contributed by atoms with Crippen molar-refractivity contribution in [3.05, 3.63) is 35.4 Å². The molecule has 3 heterocycles. The number of amides is 2. The van der Waals surface area contributed by atoms with Crippen LogP contribution in [0.1, 0.15) is 54.9 Å². The maximum atomic E-state index is 12.9. The Morgan fingerprint density at radius 3 is 3.00 bits per heavy atom. The number of fused-ring (bicyclic) bond motifs is 1. The monoisotopic (exact) mass is 444 g/mol. The Bertz CT molecular complexity index is 910. The maximum absolute atomic E-state index is 12.9. The summed E-state index contributed by atoms with van der Waals surface area (Å²) in [6, 6.07) is 5.21. The van der Waals surface area contributed by atoms with Gasteiger partial charge in [-0.25, -0.2) is 15.1 Å². The van der Waals surface area contributed by atoms with E-state index in [1.54, 1.807) is 36.1 Å². The van der Waals surface area contributed by atoms with Crippen LogP contribution in [0.3, 0.4) is 0 Å². The van der Waals surface area contributed by atoms with Crippen LogP contribution in [0.4, 0.5) is 4.79 Å². The molecule has 0 bridgehead atoms. The van der Waals surface area contributed by atoms with Gasteiger partial charge in [-0.2, -0.15) is 0 Å². The molecule has 0 aliphatic carbocycles. The fraction of sp³-hybridized carbons (Fsp3) is 0.522. The smallest absolute Gasteiger partial charge is 0.409 e. The van der Waals surface area contributed by atoms with Gasteiger partial charge in [0.25, 0.3) is 5.91 Å². The van der Waals surface area contributed by atoms with Crippen LogP contribution in [0.2, 0.25) is 0 Å². The quantitative estimate of drug-likeness (QED) is 0.550. The lowest BCUT2D eigenvalue weighted by atomic mass is 9.88. The van der Waals surface area contributed by atoms with Crippen molar-refractivity contribution in [2.24, 2.45) is 0 Å². The summed E-state index contributed by atoms with van der Waals surface area (Å²) in [5.74, 6) is 0.0317. The molecule has 4 rings (SSSR count). The summed E-state index contributed by atoms with van der Waals surface area (Å²) in [6.07, 6.45) is 5.66. The molecule has 2 amide bonds. The first kappa shape index (κ1) is 22.3. The van der Waals surface area contributed by atoms with Crippen molar-refractivity contribution >= 4 is 23.9 Å². The second kappa shape index (κ2) is 9.70. The van der Waals surface area contributed by atoms with E-state index in [1.807, 2.05) is 0 Å². The summed E-state index contributed by atoms with van der Waals surface area (Å²) >= 11 is 0. The number of rotatable bonds is 5. The van der Waals surface area contributed by atoms with E-state index >= 15 is 0 Å². The first-order chi connectivity index (χ1) is 15.5. The SMILES string of the molecule is CCOC(=O)N1CCC2(CC(=O)c3cc(/C=C/C(=O)NOC4CCCCO4)ccc3O2)C1. The predicted molar refractivity (Wildman–Crippen MR) is 114 cm³/mol. The number of nitrogens with zero attached hydrogens (tertiary/aromatic N) is 1. The molecule has 2 fully saturated rings. The number of ketones is 1. The zero-order valence-corrected chi connectivity index (χ0v) is 18.1. The molecule has 3 aliphatic heterocycles. The number of benzene rings is 1. The Hall–Kier alpha value is -2.91. The zero-order chi connectivity index (χ0) is 22.6. The molecular formula is C23H28N2O7. The van der Waals surface area contributed by atoms with E-state index in [0.29, 0.717) is 49.6 Å². The molecule has 1 aromatic rings. The molecule has 9 heteroatoms. The van der Waals surface area contributed by atoms with E-state index in [-0.39, 0.29) is 18.3 Å². The maximum Gasteiger partial charge on any atom is 0.409 e. The minimum absolute atomic E-state index is 0.0468. The van der Waals surface area contributed by atoms with Crippen LogP contribution < -0.4 is 10.2 Å². The summed E-state index contributed by atoms with van der Waals surface area (Å²) in [6.45, 7) is 3.51. The molecule has 1 spiro atoms. The lowest BCUT2D eigenvalue weighted by molar-refractivity contribution is -0.198. The lowest BCUT2D eigenvalue weighted by Crippen LogP contribution is -2.45. The van der Waals surface area contributed by atoms with Crippen molar-refractivity contribution in [1.29, 1.82) is 0 Å². The summed E-state index contributed by atoms with van der Waals surface area (Å²) in [5.41, 5.74) is 2.81. The molecule has 9 nitrogen and oxygen atoms in total. The average Bonchev–Trinajstić information content (AvgIpc) is 3.20. The highest BCUT2D eigenvalue weighted by Crippen LogP contribution is 2.39. The molecule has 1 aromatic carbocycles. The zero-order valence-electron chi connectivity index (χ0n) is 18.1. The normalized spacial score (nSPS) is 25.0. The number of ether oxygens (including phenoxy) is 3. The summed E-state index contributed by atoms with van der Waals surface area (Å²) in [7, 11) is 0. The Labute approximate surface area is 186 Å². The van der Waals surface area contributed by atoms with Gasteiger partial charge in [-0.15, -0.1) is 0 Å². The van der Waals surface area contributed by atoms with Gasteiger partial charge in [-0.3, -0.25) is 9.59 Å². The highest BCUT2D eigenvalue weighted by Gasteiger charge is 2.47. The Kier molecular flexibility index (Phi) is 6.76. The average molecular weight is 444 g/mol. The number of hydrogen-bond acceptors (Lipinski definition) is 7. The fourth-order valence-corrected chi connectivity index (χ4v) is 4.19. The number of carbonyl (C=O) groups is 3. The van der Waals surface area contributed by atoms with Crippen LogP contribution in [0.15, 0.2) is 24.3 Å². The second-order valence-corrected chi connectivity index (χ2v) is 8.22. The molecule has 172 valence electrons. The number of likely N-dealkylation sites (tertiary alicyclic amines) is 1. The van der Waals surface area contributed by atoms with Crippen molar-refractivity contribution in [3.8, 4) is 5.75 Å². The Morgan fingerprint density at radius 1 is 1.34 bits per heavy atom. The van der Waals surface area contributed by atoms with Gasteiger partial charge in [-0.1, -0.05) is 6.07 Å². The van der Waals surface area contributed by atoms with Crippen LogP contribution in [-0.2, 0) is 19.1 Å². The Balaban J connectivity index is 1.36. The standard InChI is InChI=1S/C23H28N2O7/c1-2-29-22(28)25-11-10-23(15-25)14-18(26)17-13-16(6-8-19(17)31-23)7-9-20(27)24-32-21-5-3-4-12-30-21/h6-9,13,21H,2-5,10-12,14-15H2,1H3,(H,24,27)/b9-7+. The summed E-state index contributed by atoms with van der Waals surface area (Å²) < 4.78 is 16.6. The van der Waals surface area contributed by atoms with Crippen molar-refractivity contribution < 1.29 is 33.4 Å². The minimum Gasteiger partial charge on any atom is -0.484 e. The molecule has 2 unspecified atom stereocenters. The second-order valence-electron chi connectivity index (χ2n) is 8.22. The van der Waals surface area contributed by atoms with Gasteiger partial charge in [0.05, 0.1) is 25.1 Å². The van der Waals surface area contributed by atoms with Gasteiger partial charge >= 0.3 is 6.09 Å². The van der Waals surface area contributed by atoms with Gasteiger partial charge in [0.1, 0.15) is 11.4 Å². The van der Waals surface area contributed by atoms with E-state index in [2.05, 4.69) is 5.48 Å². The molecule has 32 heavy (non-hydrogen) atoms. The number of Topliss-reactive ketones (excluding diaryl/α,β-unsaturated/α-hetero) is 1. The number of hydroxylamine groups is 1. The van der Waals surface area contributed by atoms with E-state index < -0.39 is 17.8 Å². The van der Waals surface area contributed by atoms with E-state index in [1.165, 1.54) is 6.08 Å². The largest absolute Gasteiger partial charge is 0.484 e. The first-order valence-electron chi connectivity index (χ1n) is 11.0. The first-order valence-corrected chi connectivity index (χ1v) is 11.0. The molecule has 2 atom stereocenters. The van der Waals surface area contributed by atoms with Gasteiger partial charge in [-0.05, 0) is 43.5 Å². The van der Waals surface area contributed by atoms with Crippen molar-refractivity contribution in [1.82, 2.24) is 10.4 Å². The molecule has 2 saturated heterocycles.